The van der Waals surface area contributed by atoms with E-state index in [1.165, 1.54) is 67.9 Å². The number of nitrogens with one attached hydrogen (secondary N) is 1. The maximum absolute atomic E-state index is 15.1. The van der Waals surface area contributed by atoms with Crippen molar-refractivity contribution in [1.82, 2.24) is 4.98 Å². The molecule has 1 aromatic carbocycles. The van der Waals surface area contributed by atoms with E-state index in [0.717, 1.165) is 0 Å². The number of amides is 1. The van der Waals surface area contributed by atoms with Crippen LogP contribution < -0.4 is 11.1 Å². The van der Waals surface area contributed by atoms with Crippen molar-refractivity contribution >= 4 is 38.8 Å². The monoisotopic (exact) mass is 547 g/mol. The average Bonchev–Trinajstić information content (AvgIpc) is 2.84. The van der Waals surface area contributed by atoms with Crippen molar-refractivity contribution in [2.24, 2.45) is 15.1 Å². The minimum atomic E-state index is -3.10. The zero-order chi connectivity index (χ0) is 27.4. The number of aliphatic imine (C=N–C) groups is 1. The van der Waals surface area contributed by atoms with Gasteiger partial charge in [-0.05, 0) is 62.8 Å². The van der Waals surface area contributed by atoms with E-state index < -0.39 is 37.6 Å². The highest BCUT2D eigenvalue weighted by atomic mass is 35.5. The lowest BCUT2D eigenvalue weighted by Crippen LogP contribution is -2.56. The van der Waals surface area contributed by atoms with Crippen molar-refractivity contribution in [1.29, 1.82) is 0 Å². The SMILES string of the molecule is C=C/C=C(F)\C=C/C[C@]1(C)C(N)=N[C@](C)(c2cc(NC(=O)c3ccc(Cl)cn3)ccc2F)CS1(=O)=NC. The number of anilines is 1. The molecule has 1 aromatic heterocycles. The topological polar surface area (TPSA) is 110 Å². The second-order valence-electron chi connectivity index (χ2n) is 8.87. The number of aromatic nitrogens is 1. The van der Waals surface area contributed by atoms with Crippen molar-refractivity contribution < 1.29 is 17.8 Å². The predicted molar refractivity (Wildman–Crippen MR) is 145 cm³/mol. The van der Waals surface area contributed by atoms with Gasteiger partial charge in [0.25, 0.3) is 5.91 Å². The molecule has 3 atom stereocenters. The summed E-state index contributed by atoms with van der Waals surface area (Å²) in [6.45, 7) is 6.69. The third-order valence-corrected chi connectivity index (χ3v) is 9.76. The summed E-state index contributed by atoms with van der Waals surface area (Å²) in [5.41, 5.74) is 5.50. The van der Waals surface area contributed by atoms with Crippen molar-refractivity contribution in [3.05, 3.63) is 95.3 Å². The summed E-state index contributed by atoms with van der Waals surface area (Å²) < 4.78 is 46.0. The van der Waals surface area contributed by atoms with Crippen molar-refractivity contribution in [2.75, 3.05) is 18.1 Å². The number of hydrogen-bond acceptors (Lipinski definition) is 6. The fraction of sp³-hybridized carbons (Fsp3) is 0.269. The van der Waals surface area contributed by atoms with Gasteiger partial charge in [-0.3, -0.25) is 9.79 Å². The van der Waals surface area contributed by atoms with E-state index in [9.17, 15) is 13.4 Å². The first kappa shape index (κ1) is 28.2. The van der Waals surface area contributed by atoms with E-state index in [0.29, 0.717) is 5.02 Å². The highest BCUT2D eigenvalue weighted by molar-refractivity contribution is 7.95. The zero-order valence-electron chi connectivity index (χ0n) is 20.7. The van der Waals surface area contributed by atoms with Crippen LogP contribution in [0.25, 0.3) is 0 Å². The molecular formula is C26H28ClF2N5O2S. The van der Waals surface area contributed by atoms with Crippen molar-refractivity contribution in [3.8, 4) is 0 Å². The number of hydrogen-bond donors (Lipinski definition) is 2. The van der Waals surface area contributed by atoms with Crippen LogP contribution in [0, 0.1) is 5.82 Å². The molecule has 2 heterocycles. The normalized spacial score (nSPS) is 26.0. The van der Waals surface area contributed by atoms with Gasteiger partial charge in [0, 0.05) is 24.5 Å². The minimum Gasteiger partial charge on any atom is -0.386 e. The van der Waals surface area contributed by atoms with Crippen LogP contribution in [0.4, 0.5) is 14.5 Å². The van der Waals surface area contributed by atoms with E-state index in [1.54, 1.807) is 13.8 Å². The average molecular weight is 548 g/mol. The molecule has 0 radical (unpaired) electrons. The van der Waals surface area contributed by atoms with E-state index in [4.69, 9.17) is 17.3 Å². The Morgan fingerprint density at radius 3 is 2.70 bits per heavy atom. The first-order chi connectivity index (χ1) is 17.4. The molecule has 1 aliphatic heterocycles. The number of halogens is 3. The molecule has 1 aliphatic rings. The molecule has 0 aliphatic carbocycles. The lowest BCUT2D eigenvalue weighted by molar-refractivity contribution is 0.102. The summed E-state index contributed by atoms with van der Waals surface area (Å²) in [5.74, 6) is -1.78. The maximum Gasteiger partial charge on any atom is 0.274 e. The lowest BCUT2D eigenvalue weighted by atomic mass is 9.92. The summed E-state index contributed by atoms with van der Waals surface area (Å²) in [5, 5.41) is 3.05. The lowest BCUT2D eigenvalue weighted by Gasteiger charge is -2.42. The Hall–Kier alpha value is -3.37. The summed E-state index contributed by atoms with van der Waals surface area (Å²) >= 11 is 5.82. The molecule has 37 heavy (non-hydrogen) atoms. The molecule has 196 valence electrons. The molecule has 0 spiro atoms. The number of benzene rings is 1. The summed E-state index contributed by atoms with van der Waals surface area (Å²) in [6, 6.07) is 7.00. The van der Waals surface area contributed by atoms with E-state index in [-0.39, 0.29) is 35.0 Å². The van der Waals surface area contributed by atoms with Crippen LogP contribution in [0.3, 0.4) is 0 Å². The number of carbonyl (C=O) groups excluding carboxylic acids is 1. The second kappa shape index (κ2) is 10.9. The number of nitrogens with two attached hydrogens (primary N) is 1. The van der Waals surface area contributed by atoms with Gasteiger partial charge in [0.05, 0.1) is 20.5 Å². The molecule has 0 fully saturated rings. The van der Waals surface area contributed by atoms with Crippen LogP contribution in [0.5, 0.6) is 0 Å². The van der Waals surface area contributed by atoms with Crippen LogP contribution in [-0.2, 0) is 15.3 Å². The Morgan fingerprint density at radius 1 is 1.35 bits per heavy atom. The highest BCUT2D eigenvalue weighted by Crippen LogP contribution is 2.41. The Morgan fingerprint density at radius 2 is 2.08 bits per heavy atom. The number of pyridine rings is 1. The highest BCUT2D eigenvalue weighted by Gasteiger charge is 2.49. The summed E-state index contributed by atoms with van der Waals surface area (Å²) in [4.78, 5) is 21.1. The maximum atomic E-state index is 15.1. The Bertz CT molecular complexity index is 1430. The first-order valence-electron chi connectivity index (χ1n) is 11.2. The van der Waals surface area contributed by atoms with Gasteiger partial charge in [-0.25, -0.2) is 22.3 Å². The molecule has 7 nitrogen and oxygen atoms in total. The number of nitrogens with zero attached hydrogens (tertiary/aromatic N) is 3. The van der Waals surface area contributed by atoms with E-state index in [2.05, 4.69) is 26.2 Å². The van der Waals surface area contributed by atoms with E-state index >= 15 is 4.39 Å². The van der Waals surface area contributed by atoms with Gasteiger partial charge in [0.15, 0.2) is 0 Å². The quantitative estimate of drug-likeness (QED) is 0.442. The van der Waals surface area contributed by atoms with Gasteiger partial charge < -0.3 is 11.1 Å². The predicted octanol–water partition coefficient (Wildman–Crippen LogP) is 5.55. The van der Waals surface area contributed by atoms with Gasteiger partial charge in [-0.2, -0.15) is 0 Å². The first-order valence-corrected chi connectivity index (χ1v) is 13.3. The second-order valence-corrected chi connectivity index (χ2v) is 12.1. The van der Waals surface area contributed by atoms with Crippen LogP contribution in [0.15, 0.2) is 82.6 Å². The van der Waals surface area contributed by atoms with Gasteiger partial charge in [-0.15, -0.1) is 0 Å². The van der Waals surface area contributed by atoms with Gasteiger partial charge >= 0.3 is 0 Å². The molecule has 3 N–H and O–H groups in total. The third-order valence-electron chi connectivity index (χ3n) is 6.21. The zero-order valence-corrected chi connectivity index (χ0v) is 22.2. The Balaban J connectivity index is 1.99. The molecule has 2 aromatic rings. The standard InChI is InChI=1S/C26H28ClF2N5O2S/c1-5-7-18(28)8-6-13-26(3)24(30)34-25(2,16-37(26,36)31-4)20-14-19(10-11-21(20)29)33-23(35)22-12-9-17(27)15-32-22/h5-12,14-15H,1,13,16H2,2-4H3,(H2,30,34)(H,33,35)/b8-6-,18-7+/t25-,26+,37?/m0/s1. The van der Waals surface area contributed by atoms with Gasteiger partial charge in [0.1, 0.15) is 33.5 Å². The number of carbonyl (C=O) groups is 1. The molecule has 1 unspecified atom stereocenters. The molecule has 0 saturated carbocycles. The summed E-state index contributed by atoms with van der Waals surface area (Å²) in [7, 11) is -1.69. The van der Waals surface area contributed by atoms with Crippen LogP contribution in [0.1, 0.15) is 36.3 Å². The number of rotatable bonds is 7. The van der Waals surface area contributed by atoms with E-state index in [1.807, 2.05) is 0 Å². The molecule has 0 saturated heterocycles. The number of allylic oxidation sites excluding steroid dienone is 5. The molecule has 0 bridgehead atoms. The van der Waals surface area contributed by atoms with Crippen molar-refractivity contribution in [2.45, 2.75) is 30.6 Å². The number of amidine groups is 1. The minimum absolute atomic E-state index is 0.00816. The van der Waals surface area contributed by atoms with Crippen LogP contribution in [0.2, 0.25) is 5.02 Å². The Labute approximate surface area is 220 Å². The van der Waals surface area contributed by atoms with Gasteiger partial charge in [0.2, 0.25) is 0 Å². The molecule has 11 heteroatoms. The third kappa shape index (κ3) is 5.80. The fourth-order valence-electron chi connectivity index (χ4n) is 4.04. The van der Waals surface area contributed by atoms with Gasteiger partial charge in [-0.1, -0.05) is 30.3 Å². The smallest absolute Gasteiger partial charge is 0.274 e. The largest absolute Gasteiger partial charge is 0.386 e. The molecular weight excluding hydrogens is 520 g/mol. The van der Waals surface area contributed by atoms with Crippen molar-refractivity contribution in [3.63, 3.8) is 0 Å². The van der Waals surface area contributed by atoms with Crippen LogP contribution >= 0.6 is 11.6 Å². The Kier molecular flexibility index (Phi) is 8.34. The summed E-state index contributed by atoms with van der Waals surface area (Å²) in [6.07, 6.45) is 6.67. The fourth-order valence-corrected chi connectivity index (χ4v) is 6.72. The molecule has 1 amide bonds. The van der Waals surface area contributed by atoms with Crippen LogP contribution in [-0.4, -0.2) is 38.5 Å². The molecule has 3 rings (SSSR count).